The van der Waals surface area contributed by atoms with Crippen molar-refractivity contribution in [1.82, 2.24) is 4.98 Å². The molecular formula is C15H15F3N2O. The van der Waals surface area contributed by atoms with Crippen LogP contribution in [-0.2, 0) is 0 Å². The number of nitrogens with zero attached hydrogens (tertiary/aromatic N) is 1. The zero-order valence-corrected chi connectivity index (χ0v) is 11.4. The minimum absolute atomic E-state index is 0.126. The van der Waals surface area contributed by atoms with Crippen molar-refractivity contribution in [2.24, 2.45) is 5.73 Å². The topological polar surface area (TPSA) is 48.1 Å². The summed E-state index contributed by atoms with van der Waals surface area (Å²) in [7, 11) is 0. The molecule has 0 aliphatic rings. The average Bonchev–Trinajstić information content (AvgIpc) is 2.49. The fourth-order valence-corrected chi connectivity index (χ4v) is 1.85. The Morgan fingerprint density at radius 3 is 2.38 bits per heavy atom. The monoisotopic (exact) mass is 296 g/mol. The number of nitrogens with two attached hydrogens (primary N) is 1. The van der Waals surface area contributed by atoms with Crippen LogP contribution in [0.1, 0.15) is 30.5 Å². The van der Waals surface area contributed by atoms with E-state index in [1.807, 2.05) is 6.92 Å². The van der Waals surface area contributed by atoms with Gasteiger partial charge in [-0.2, -0.15) is 0 Å². The van der Waals surface area contributed by atoms with Crippen LogP contribution in [0.25, 0.3) is 0 Å². The Hall–Kier alpha value is -2.08. The highest BCUT2D eigenvalue weighted by atomic mass is 19.2. The van der Waals surface area contributed by atoms with Gasteiger partial charge in [0.1, 0.15) is 5.75 Å². The van der Waals surface area contributed by atoms with E-state index in [-0.39, 0.29) is 5.56 Å². The summed E-state index contributed by atoms with van der Waals surface area (Å²) in [5.74, 6) is -3.53. The zero-order valence-electron chi connectivity index (χ0n) is 11.4. The summed E-state index contributed by atoms with van der Waals surface area (Å²) in [5, 5.41) is 0. The van der Waals surface area contributed by atoms with E-state index in [1.165, 1.54) is 12.4 Å². The molecule has 0 saturated carbocycles. The molecule has 0 bridgehead atoms. The van der Waals surface area contributed by atoms with E-state index in [4.69, 9.17) is 10.5 Å². The second-order valence-electron chi connectivity index (χ2n) is 4.58. The molecule has 2 rings (SSSR count). The molecule has 21 heavy (non-hydrogen) atoms. The van der Waals surface area contributed by atoms with Gasteiger partial charge < -0.3 is 10.5 Å². The van der Waals surface area contributed by atoms with Crippen LogP contribution in [0.15, 0.2) is 30.6 Å². The largest absolute Gasteiger partial charge is 0.492 e. The van der Waals surface area contributed by atoms with Crippen LogP contribution in [0.2, 0.25) is 0 Å². The second-order valence-corrected chi connectivity index (χ2v) is 4.58. The molecule has 2 N–H and O–H groups in total. The lowest BCUT2D eigenvalue weighted by Crippen LogP contribution is -2.13. The molecule has 3 nitrogen and oxygen atoms in total. The number of pyridine rings is 1. The predicted octanol–water partition coefficient (Wildman–Crippen LogP) is 3.34. The minimum atomic E-state index is -1.51. The number of hydrogen-bond acceptors (Lipinski definition) is 3. The Morgan fingerprint density at radius 2 is 1.76 bits per heavy atom. The summed E-state index contributed by atoms with van der Waals surface area (Å²) < 4.78 is 44.9. The zero-order chi connectivity index (χ0) is 15.4. The highest BCUT2D eigenvalue weighted by Gasteiger charge is 2.16. The van der Waals surface area contributed by atoms with Gasteiger partial charge in [0, 0.05) is 6.20 Å². The first kappa shape index (κ1) is 15.3. The fourth-order valence-electron chi connectivity index (χ4n) is 1.85. The van der Waals surface area contributed by atoms with E-state index in [0.717, 1.165) is 18.6 Å². The third-order valence-corrected chi connectivity index (χ3v) is 2.93. The summed E-state index contributed by atoms with van der Waals surface area (Å²) in [6, 6.07) is 2.57. The summed E-state index contributed by atoms with van der Waals surface area (Å²) in [6.45, 7) is 2.49. The van der Waals surface area contributed by atoms with Gasteiger partial charge in [0.05, 0.1) is 18.8 Å². The fraction of sp³-hybridized carbons (Fsp3) is 0.267. The van der Waals surface area contributed by atoms with E-state index in [9.17, 15) is 13.2 Å². The summed E-state index contributed by atoms with van der Waals surface area (Å²) >= 11 is 0. The van der Waals surface area contributed by atoms with Gasteiger partial charge in [-0.1, -0.05) is 6.92 Å². The normalized spacial score (nSPS) is 12.2. The van der Waals surface area contributed by atoms with Crippen molar-refractivity contribution in [2.45, 2.75) is 19.4 Å². The Bertz CT molecular complexity index is 611. The molecule has 1 aromatic heterocycles. The molecule has 0 amide bonds. The average molecular weight is 296 g/mol. The number of ether oxygens (including phenoxy) is 1. The lowest BCUT2D eigenvalue weighted by molar-refractivity contribution is 0.315. The van der Waals surface area contributed by atoms with Crippen molar-refractivity contribution in [3.63, 3.8) is 0 Å². The number of rotatable bonds is 5. The minimum Gasteiger partial charge on any atom is -0.492 e. The molecule has 112 valence electrons. The molecule has 1 atom stereocenters. The van der Waals surface area contributed by atoms with Crippen molar-refractivity contribution in [3.05, 3.63) is 59.2 Å². The molecule has 0 radical (unpaired) electrons. The number of aromatic nitrogens is 1. The van der Waals surface area contributed by atoms with Crippen LogP contribution in [0.5, 0.6) is 5.75 Å². The van der Waals surface area contributed by atoms with Gasteiger partial charge >= 0.3 is 0 Å². The third-order valence-electron chi connectivity index (χ3n) is 2.93. The summed E-state index contributed by atoms with van der Waals surface area (Å²) in [4.78, 5) is 3.98. The number of benzene rings is 1. The molecule has 0 fully saturated rings. The van der Waals surface area contributed by atoms with Crippen LogP contribution in [0.4, 0.5) is 13.2 Å². The second kappa shape index (κ2) is 6.58. The predicted molar refractivity (Wildman–Crippen MR) is 72.4 cm³/mol. The van der Waals surface area contributed by atoms with Crippen molar-refractivity contribution >= 4 is 0 Å². The molecular weight excluding hydrogens is 281 g/mol. The van der Waals surface area contributed by atoms with Gasteiger partial charge in [-0.15, -0.1) is 0 Å². The molecule has 1 aromatic carbocycles. The van der Waals surface area contributed by atoms with Crippen LogP contribution in [0.3, 0.4) is 0 Å². The van der Waals surface area contributed by atoms with Crippen molar-refractivity contribution < 1.29 is 17.9 Å². The first-order chi connectivity index (χ1) is 10.0. The van der Waals surface area contributed by atoms with Crippen LogP contribution < -0.4 is 10.5 Å². The van der Waals surface area contributed by atoms with Crippen LogP contribution in [0, 0.1) is 17.5 Å². The van der Waals surface area contributed by atoms with Gasteiger partial charge in [0.25, 0.3) is 0 Å². The maximum atomic E-state index is 13.3. The first-order valence-corrected chi connectivity index (χ1v) is 6.50. The molecule has 1 unspecified atom stereocenters. The molecule has 2 aromatic rings. The van der Waals surface area contributed by atoms with Crippen LogP contribution in [-0.4, -0.2) is 11.6 Å². The van der Waals surface area contributed by atoms with Gasteiger partial charge in [-0.25, -0.2) is 13.2 Å². The van der Waals surface area contributed by atoms with E-state index in [1.54, 1.807) is 6.07 Å². The molecule has 6 heteroatoms. The lowest BCUT2D eigenvalue weighted by Gasteiger charge is -2.14. The molecule has 0 aliphatic carbocycles. The standard InChI is InChI=1S/C15H15F3N2O/c1-2-3-21-11-4-10(7-20-8-11)15(19)9-5-12(16)14(18)13(17)6-9/h4-8,15H,2-3,19H2,1H3. The van der Waals surface area contributed by atoms with Crippen molar-refractivity contribution in [3.8, 4) is 5.75 Å². The number of hydrogen-bond donors (Lipinski definition) is 1. The number of halogens is 3. The van der Waals surface area contributed by atoms with Gasteiger partial charge in [-0.05, 0) is 35.7 Å². The first-order valence-electron chi connectivity index (χ1n) is 6.50. The Kier molecular flexibility index (Phi) is 4.80. The molecule has 0 spiro atoms. The van der Waals surface area contributed by atoms with Gasteiger partial charge in [0.2, 0.25) is 0 Å². The van der Waals surface area contributed by atoms with E-state index < -0.39 is 23.5 Å². The summed E-state index contributed by atoms with van der Waals surface area (Å²) in [6.07, 6.45) is 3.84. The van der Waals surface area contributed by atoms with Gasteiger partial charge in [0.15, 0.2) is 17.5 Å². The van der Waals surface area contributed by atoms with Crippen LogP contribution >= 0.6 is 0 Å². The van der Waals surface area contributed by atoms with Crippen molar-refractivity contribution in [2.75, 3.05) is 6.61 Å². The molecule has 0 aliphatic heterocycles. The maximum absolute atomic E-state index is 13.3. The van der Waals surface area contributed by atoms with Crippen molar-refractivity contribution in [1.29, 1.82) is 0 Å². The Labute approximate surface area is 120 Å². The maximum Gasteiger partial charge on any atom is 0.194 e. The molecule has 1 heterocycles. The smallest absolute Gasteiger partial charge is 0.194 e. The van der Waals surface area contributed by atoms with E-state index >= 15 is 0 Å². The highest BCUT2D eigenvalue weighted by Crippen LogP contribution is 2.25. The van der Waals surface area contributed by atoms with E-state index in [2.05, 4.69) is 4.98 Å². The summed E-state index contributed by atoms with van der Waals surface area (Å²) in [5.41, 5.74) is 6.60. The SMILES string of the molecule is CCCOc1cncc(C(N)c2cc(F)c(F)c(F)c2)c1. The van der Waals surface area contributed by atoms with Gasteiger partial charge in [-0.3, -0.25) is 4.98 Å². The quantitative estimate of drug-likeness (QED) is 0.861. The highest BCUT2D eigenvalue weighted by molar-refractivity contribution is 5.34. The lowest BCUT2D eigenvalue weighted by atomic mass is 10.0. The molecule has 0 saturated heterocycles. The Balaban J connectivity index is 2.29. The van der Waals surface area contributed by atoms with E-state index in [0.29, 0.717) is 17.9 Å². The Morgan fingerprint density at radius 1 is 1.10 bits per heavy atom. The third kappa shape index (κ3) is 3.52.